The lowest BCUT2D eigenvalue weighted by molar-refractivity contribution is 0.0996. The number of benzene rings is 2. The van der Waals surface area contributed by atoms with Crippen LogP contribution in [-0.2, 0) is 6.61 Å². The molecular formula is C17H14Cl2N4O3. The predicted molar refractivity (Wildman–Crippen MR) is 97.7 cm³/mol. The molecule has 0 aliphatic heterocycles. The average molecular weight is 393 g/mol. The third-order valence-corrected chi connectivity index (χ3v) is 4.36. The van der Waals surface area contributed by atoms with Gasteiger partial charge in [0.05, 0.1) is 7.11 Å². The van der Waals surface area contributed by atoms with E-state index in [4.69, 9.17) is 38.4 Å². The summed E-state index contributed by atoms with van der Waals surface area (Å²) in [5, 5.41) is 11.1. The van der Waals surface area contributed by atoms with Crippen LogP contribution in [0.25, 0.3) is 11.3 Å². The maximum absolute atomic E-state index is 11.5. The van der Waals surface area contributed by atoms with Crippen LogP contribution in [0, 0.1) is 0 Å². The Morgan fingerprint density at radius 2 is 1.88 bits per heavy atom. The van der Waals surface area contributed by atoms with Crippen molar-refractivity contribution in [3.05, 3.63) is 57.7 Å². The Hall–Kier alpha value is -2.77. The molecule has 0 bridgehead atoms. The molecule has 7 nitrogen and oxygen atoms in total. The van der Waals surface area contributed by atoms with Gasteiger partial charge in [-0.2, -0.15) is 15.4 Å². The zero-order valence-corrected chi connectivity index (χ0v) is 15.1. The second kappa shape index (κ2) is 7.63. The van der Waals surface area contributed by atoms with E-state index in [1.54, 1.807) is 36.4 Å². The fourth-order valence-corrected chi connectivity index (χ4v) is 2.87. The number of carbonyl (C=O) groups is 1. The first-order valence-corrected chi connectivity index (χ1v) is 8.21. The van der Waals surface area contributed by atoms with Gasteiger partial charge in [-0.05, 0) is 30.3 Å². The SMILES string of the molecule is COc1ccc(-c2n[nH]nc2C(N)=O)cc1OCc1c(Cl)cccc1Cl. The molecule has 0 aliphatic carbocycles. The number of amides is 1. The van der Waals surface area contributed by atoms with Crippen molar-refractivity contribution < 1.29 is 14.3 Å². The van der Waals surface area contributed by atoms with E-state index < -0.39 is 5.91 Å². The number of nitrogens with two attached hydrogens (primary N) is 1. The number of rotatable bonds is 6. The van der Waals surface area contributed by atoms with E-state index in [-0.39, 0.29) is 12.3 Å². The number of H-pyrrole nitrogens is 1. The number of halogens is 2. The summed E-state index contributed by atoms with van der Waals surface area (Å²) < 4.78 is 11.2. The predicted octanol–water partition coefficient (Wildman–Crippen LogP) is 3.47. The second-order valence-corrected chi connectivity index (χ2v) is 6.05. The topological polar surface area (TPSA) is 103 Å². The van der Waals surface area contributed by atoms with Crippen molar-refractivity contribution in [1.82, 2.24) is 15.4 Å². The van der Waals surface area contributed by atoms with Crippen LogP contribution in [0.4, 0.5) is 0 Å². The Bertz CT molecular complexity index is 939. The molecule has 1 heterocycles. The lowest BCUT2D eigenvalue weighted by atomic mass is 10.1. The van der Waals surface area contributed by atoms with E-state index in [1.165, 1.54) is 7.11 Å². The maximum Gasteiger partial charge on any atom is 0.271 e. The number of aromatic nitrogens is 3. The standard InChI is InChI=1S/C17H14Cl2N4O3/c1-25-13-6-5-9(15-16(17(20)24)22-23-21-15)7-14(13)26-8-10-11(18)3-2-4-12(10)19/h2-7H,8H2,1H3,(H2,20,24)(H,21,22,23). The van der Waals surface area contributed by atoms with E-state index in [0.717, 1.165) is 0 Å². The minimum Gasteiger partial charge on any atom is -0.493 e. The van der Waals surface area contributed by atoms with Crippen LogP contribution in [0.15, 0.2) is 36.4 Å². The van der Waals surface area contributed by atoms with Crippen LogP contribution in [0.5, 0.6) is 11.5 Å². The van der Waals surface area contributed by atoms with Crippen LogP contribution in [0.1, 0.15) is 16.1 Å². The van der Waals surface area contributed by atoms with Gasteiger partial charge in [0.15, 0.2) is 17.2 Å². The van der Waals surface area contributed by atoms with Gasteiger partial charge in [0.1, 0.15) is 12.3 Å². The molecule has 0 atom stereocenters. The summed E-state index contributed by atoms with van der Waals surface area (Å²) in [6, 6.07) is 10.3. The van der Waals surface area contributed by atoms with Crippen molar-refractivity contribution >= 4 is 29.1 Å². The number of nitrogens with one attached hydrogen (secondary N) is 1. The summed E-state index contributed by atoms with van der Waals surface area (Å²) in [7, 11) is 1.52. The molecule has 0 aliphatic rings. The minimum absolute atomic E-state index is 0.0373. The highest BCUT2D eigenvalue weighted by molar-refractivity contribution is 6.35. The van der Waals surface area contributed by atoms with Crippen molar-refractivity contribution in [1.29, 1.82) is 0 Å². The largest absolute Gasteiger partial charge is 0.493 e. The average Bonchev–Trinajstić information content (AvgIpc) is 3.11. The Morgan fingerprint density at radius 1 is 1.15 bits per heavy atom. The quantitative estimate of drug-likeness (QED) is 0.668. The van der Waals surface area contributed by atoms with Gasteiger partial charge in [0.25, 0.3) is 5.91 Å². The molecule has 2 aromatic carbocycles. The Morgan fingerprint density at radius 3 is 2.54 bits per heavy atom. The highest BCUT2D eigenvalue weighted by atomic mass is 35.5. The van der Waals surface area contributed by atoms with E-state index in [9.17, 15) is 4.79 Å². The van der Waals surface area contributed by atoms with Crippen molar-refractivity contribution in [2.24, 2.45) is 5.73 Å². The first-order chi connectivity index (χ1) is 12.5. The Kier molecular flexibility index (Phi) is 5.29. The van der Waals surface area contributed by atoms with Crippen molar-refractivity contribution in [3.63, 3.8) is 0 Å². The molecule has 0 radical (unpaired) electrons. The van der Waals surface area contributed by atoms with Gasteiger partial charge in [-0.15, -0.1) is 0 Å². The Balaban J connectivity index is 1.93. The molecule has 0 spiro atoms. The second-order valence-electron chi connectivity index (χ2n) is 5.24. The molecule has 0 saturated carbocycles. The molecule has 26 heavy (non-hydrogen) atoms. The van der Waals surface area contributed by atoms with Crippen molar-refractivity contribution in [2.75, 3.05) is 7.11 Å². The fourth-order valence-electron chi connectivity index (χ4n) is 2.36. The number of methoxy groups -OCH3 is 1. The third-order valence-electron chi connectivity index (χ3n) is 3.65. The maximum atomic E-state index is 11.5. The molecule has 0 saturated heterocycles. The molecule has 134 valence electrons. The number of primary amides is 1. The van der Waals surface area contributed by atoms with Crippen LogP contribution >= 0.6 is 23.2 Å². The number of aromatic amines is 1. The first kappa shape index (κ1) is 18.0. The molecule has 3 aromatic rings. The highest BCUT2D eigenvalue weighted by Gasteiger charge is 2.17. The van der Waals surface area contributed by atoms with E-state index in [2.05, 4.69) is 15.4 Å². The smallest absolute Gasteiger partial charge is 0.271 e. The third kappa shape index (κ3) is 3.58. The van der Waals surface area contributed by atoms with Gasteiger partial charge in [0, 0.05) is 21.2 Å². The summed E-state index contributed by atoms with van der Waals surface area (Å²) in [5.41, 5.74) is 6.92. The van der Waals surface area contributed by atoms with E-state index >= 15 is 0 Å². The molecule has 9 heteroatoms. The van der Waals surface area contributed by atoms with Crippen LogP contribution in [0.2, 0.25) is 10.0 Å². The number of nitrogens with zero attached hydrogens (tertiary/aromatic N) is 2. The van der Waals surface area contributed by atoms with Crippen LogP contribution in [0.3, 0.4) is 0 Å². The lowest BCUT2D eigenvalue weighted by Gasteiger charge is -2.13. The molecule has 1 amide bonds. The number of hydrogen-bond donors (Lipinski definition) is 2. The summed E-state index contributed by atoms with van der Waals surface area (Å²) in [4.78, 5) is 11.5. The summed E-state index contributed by atoms with van der Waals surface area (Å²) in [5.74, 6) is 0.246. The van der Waals surface area contributed by atoms with Gasteiger partial charge >= 0.3 is 0 Å². The molecule has 1 aromatic heterocycles. The monoisotopic (exact) mass is 392 g/mol. The highest BCUT2D eigenvalue weighted by Crippen LogP contribution is 2.34. The van der Waals surface area contributed by atoms with Gasteiger partial charge in [-0.1, -0.05) is 29.3 Å². The minimum atomic E-state index is -0.685. The first-order valence-electron chi connectivity index (χ1n) is 7.46. The van der Waals surface area contributed by atoms with E-state index in [1.807, 2.05) is 0 Å². The van der Waals surface area contributed by atoms with Gasteiger partial charge in [0.2, 0.25) is 0 Å². The summed E-state index contributed by atoms with van der Waals surface area (Å²) in [6.07, 6.45) is 0. The van der Waals surface area contributed by atoms with Crippen LogP contribution in [-0.4, -0.2) is 28.4 Å². The lowest BCUT2D eigenvalue weighted by Crippen LogP contribution is -2.12. The van der Waals surface area contributed by atoms with Gasteiger partial charge < -0.3 is 15.2 Å². The summed E-state index contributed by atoms with van der Waals surface area (Å²) >= 11 is 12.3. The molecular weight excluding hydrogens is 379 g/mol. The molecule has 0 fully saturated rings. The molecule has 3 rings (SSSR count). The van der Waals surface area contributed by atoms with Gasteiger partial charge in [-0.3, -0.25) is 4.79 Å². The zero-order chi connectivity index (χ0) is 18.7. The number of ether oxygens (including phenoxy) is 2. The fraction of sp³-hybridized carbons (Fsp3) is 0.118. The number of hydrogen-bond acceptors (Lipinski definition) is 5. The molecule has 3 N–H and O–H groups in total. The zero-order valence-electron chi connectivity index (χ0n) is 13.6. The number of carbonyl (C=O) groups excluding carboxylic acids is 1. The van der Waals surface area contributed by atoms with Gasteiger partial charge in [-0.25, -0.2) is 0 Å². The van der Waals surface area contributed by atoms with Crippen molar-refractivity contribution in [3.8, 4) is 22.8 Å². The molecule has 0 unspecified atom stereocenters. The Labute approximate surface area is 159 Å². The summed E-state index contributed by atoms with van der Waals surface area (Å²) in [6.45, 7) is 0.139. The van der Waals surface area contributed by atoms with Crippen molar-refractivity contribution in [2.45, 2.75) is 6.61 Å². The van der Waals surface area contributed by atoms with Crippen LogP contribution < -0.4 is 15.2 Å². The van der Waals surface area contributed by atoms with E-state index in [0.29, 0.717) is 38.4 Å². The normalized spacial score (nSPS) is 10.6.